The van der Waals surface area contributed by atoms with E-state index in [2.05, 4.69) is 40.9 Å². The summed E-state index contributed by atoms with van der Waals surface area (Å²) in [7, 11) is 2.08. The molecule has 2 heterocycles. The molecule has 6 nitrogen and oxygen atoms in total. The SMILES string of the molecule is CC(=O)C[C@@H](C)c1ccc(O[C@@H]2CCN(c3ccnc(N(C)CC4CC4)n3)C2)cc1. The zero-order valence-electron chi connectivity index (χ0n) is 18.3. The van der Waals surface area contributed by atoms with Crippen LogP contribution in [-0.2, 0) is 4.79 Å². The van der Waals surface area contributed by atoms with Gasteiger partial charge in [0.25, 0.3) is 0 Å². The van der Waals surface area contributed by atoms with E-state index in [9.17, 15) is 4.79 Å². The highest BCUT2D eigenvalue weighted by Crippen LogP contribution is 2.31. The summed E-state index contributed by atoms with van der Waals surface area (Å²) >= 11 is 0. The number of aromatic nitrogens is 2. The second kappa shape index (κ2) is 9.02. The second-order valence-electron chi connectivity index (χ2n) is 8.89. The van der Waals surface area contributed by atoms with Crippen LogP contribution in [-0.4, -0.2) is 48.5 Å². The molecule has 1 aromatic heterocycles. The zero-order valence-corrected chi connectivity index (χ0v) is 18.3. The highest BCUT2D eigenvalue weighted by molar-refractivity contribution is 5.76. The number of rotatable bonds is 9. The molecule has 1 saturated heterocycles. The van der Waals surface area contributed by atoms with Gasteiger partial charge in [0.2, 0.25) is 5.95 Å². The highest BCUT2D eigenvalue weighted by atomic mass is 16.5. The van der Waals surface area contributed by atoms with E-state index >= 15 is 0 Å². The van der Waals surface area contributed by atoms with Gasteiger partial charge in [-0.05, 0) is 55.4 Å². The van der Waals surface area contributed by atoms with Crippen LogP contribution in [0, 0.1) is 5.92 Å². The van der Waals surface area contributed by atoms with E-state index < -0.39 is 0 Å². The summed E-state index contributed by atoms with van der Waals surface area (Å²) in [5, 5.41) is 0. The molecule has 1 saturated carbocycles. The molecule has 2 atom stereocenters. The molecule has 0 bridgehead atoms. The Bertz CT molecular complexity index is 866. The Hall–Kier alpha value is -2.63. The largest absolute Gasteiger partial charge is 0.489 e. The fourth-order valence-corrected chi connectivity index (χ4v) is 4.12. The first-order valence-electron chi connectivity index (χ1n) is 11.0. The quantitative estimate of drug-likeness (QED) is 0.624. The van der Waals surface area contributed by atoms with Crippen LogP contribution < -0.4 is 14.5 Å². The average Bonchev–Trinajstić information content (AvgIpc) is 3.42. The van der Waals surface area contributed by atoms with Gasteiger partial charge in [-0.25, -0.2) is 4.98 Å². The van der Waals surface area contributed by atoms with Gasteiger partial charge in [0.15, 0.2) is 0 Å². The van der Waals surface area contributed by atoms with E-state index in [1.165, 1.54) is 18.4 Å². The van der Waals surface area contributed by atoms with Crippen molar-refractivity contribution in [1.29, 1.82) is 0 Å². The monoisotopic (exact) mass is 408 g/mol. The lowest BCUT2D eigenvalue weighted by Gasteiger charge is -2.21. The summed E-state index contributed by atoms with van der Waals surface area (Å²) in [6, 6.07) is 10.2. The number of carbonyl (C=O) groups excluding carboxylic acids is 1. The van der Waals surface area contributed by atoms with Crippen molar-refractivity contribution in [2.24, 2.45) is 5.92 Å². The molecule has 0 N–H and O–H groups in total. The highest BCUT2D eigenvalue weighted by Gasteiger charge is 2.27. The molecular formula is C24H32N4O2. The minimum Gasteiger partial charge on any atom is -0.489 e. The van der Waals surface area contributed by atoms with Crippen LogP contribution >= 0.6 is 0 Å². The number of hydrogen-bond donors (Lipinski definition) is 0. The third-order valence-electron chi connectivity index (χ3n) is 6.01. The van der Waals surface area contributed by atoms with E-state index in [-0.39, 0.29) is 17.8 Å². The lowest BCUT2D eigenvalue weighted by molar-refractivity contribution is -0.117. The van der Waals surface area contributed by atoms with Crippen molar-refractivity contribution in [2.75, 3.05) is 36.5 Å². The van der Waals surface area contributed by atoms with Crippen LogP contribution in [0.1, 0.15) is 51.0 Å². The molecule has 1 aliphatic heterocycles. The average molecular weight is 409 g/mol. The molecule has 1 aromatic carbocycles. The molecule has 0 unspecified atom stereocenters. The van der Waals surface area contributed by atoms with E-state index in [4.69, 9.17) is 9.72 Å². The van der Waals surface area contributed by atoms with Crippen molar-refractivity contribution in [3.05, 3.63) is 42.1 Å². The number of ketones is 1. The maximum Gasteiger partial charge on any atom is 0.227 e. The fourth-order valence-electron chi connectivity index (χ4n) is 4.12. The molecule has 30 heavy (non-hydrogen) atoms. The predicted molar refractivity (Wildman–Crippen MR) is 119 cm³/mol. The number of ether oxygens (including phenoxy) is 1. The Morgan fingerprint density at radius 1 is 1.23 bits per heavy atom. The van der Waals surface area contributed by atoms with Gasteiger partial charge in [-0.1, -0.05) is 19.1 Å². The first-order valence-corrected chi connectivity index (χ1v) is 11.0. The predicted octanol–water partition coefficient (Wildman–Crippen LogP) is 4.06. The maximum atomic E-state index is 11.3. The summed E-state index contributed by atoms with van der Waals surface area (Å²) in [5.41, 5.74) is 1.18. The zero-order chi connectivity index (χ0) is 21.1. The van der Waals surface area contributed by atoms with Crippen molar-refractivity contribution in [3.8, 4) is 5.75 Å². The summed E-state index contributed by atoms with van der Waals surface area (Å²) in [6.07, 6.45) is 6.20. The summed E-state index contributed by atoms with van der Waals surface area (Å²) in [6.45, 7) is 6.53. The molecule has 2 aromatic rings. The Labute approximate surface area is 179 Å². The molecule has 2 aliphatic rings. The Morgan fingerprint density at radius 2 is 2.00 bits per heavy atom. The summed E-state index contributed by atoms with van der Waals surface area (Å²) in [4.78, 5) is 25.0. The Balaban J connectivity index is 1.33. The standard InChI is InChI=1S/C24H32N4O2/c1-17(14-18(2)29)20-6-8-21(9-7-20)30-22-11-13-28(16-22)23-10-12-25-24(26-23)27(3)15-19-4-5-19/h6-10,12,17,19,22H,4-5,11,13-16H2,1-3H3/t17-,22-/m1/s1. The molecule has 1 aliphatic carbocycles. The number of Topliss-reactive ketones (excluding diaryl/α,β-unsaturated/α-hetero) is 1. The van der Waals surface area contributed by atoms with Crippen LogP contribution in [0.4, 0.5) is 11.8 Å². The number of hydrogen-bond acceptors (Lipinski definition) is 6. The van der Waals surface area contributed by atoms with Crippen LogP contribution in [0.15, 0.2) is 36.5 Å². The van der Waals surface area contributed by atoms with E-state index in [0.29, 0.717) is 6.42 Å². The lowest BCUT2D eigenvalue weighted by Crippen LogP contribution is -2.27. The van der Waals surface area contributed by atoms with Gasteiger partial charge in [-0.2, -0.15) is 4.98 Å². The van der Waals surface area contributed by atoms with Gasteiger partial charge in [0.1, 0.15) is 23.5 Å². The number of anilines is 2. The topological polar surface area (TPSA) is 58.6 Å². The molecule has 0 amide bonds. The van der Waals surface area contributed by atoms with E-state index in [0.717, 1.165) is 49.5 Å². The van der Waals surface area contributed by atoms with Crippen LogP contribution in [0.5, 0.6) is 5.75 Å². The van der Waals surface area contributed by atoms with Gasteiger partial charge in [0, 0.05) is 39.2 Å². The van der Waals surface area contributed by atoms with Crippen LogP contribution in [0.2, 0.25) is 0 Å². The summed E-state index contributed by atoms with van der Waals surface area (Å²) in [5.74, 6) is 3.93. The minimum absolute atomic E-state index is 0.146. The molecule has 6 heteroatoms. The van der Waals surface area contributed by atoms with Gasteiger partial charge >= 0.3 is 0 Å². The van der Waals surface area contributed by atoms with Crippen molar-refractivity contribution in [3.63, 3.8) is 0 Å². The number of benzene rings is 1. The van der Waals surface area contributed by atoms with E-state index in [1.807, 2.05) is 24.4 Å². The second-order valence-corrected chi connectivity index (χ2v) is 8.89. The smallest absolute Gasteiger partial charge is 0.227 e. The minimum atomic E-state index is 0.146. The fraction of sp³-hybridized carbons (Fsp3) is 0.542. The number of carbonyl (C=O) groups is 1. The van der Waals surface area contributed by atoms with E-state index in [1.54, 1.807) is 6.92 Å². The molecule has 0 spiro atoms. The molecule has 4 rings (SSSR count). The van der Waals surface area contributed by atoms with Gasteiger partial charge in [0.05, 0.1) is 6.54 Å². The molecule has 0 radical (unpaired) electrons. The summed E-state index contributed by atoms with van der Waals surface area (Å²) < 4.78 is 6.22. The van der Waals surface area contributed by atoms with Crippen molar-refractivity contribution < 1.29 is 9.53 Å². The Kier molecular flexibility index (Phi) is 6.21. The first-order chi connectivity index (χ1) is 14.5. The Morgan fingerprint density at radius 3 is 2.70 bits per heavy atom. The molecule has 160 valence electrons. The molecule has 2 fully saturated rings. The van der Waals surface area contributed by atoms with Gasteiger partial charge in [-0.15, -0.1) is 0 Å². The van der Waals surface area contributed by atoms with Crippen LogP contribution in [0.25, 0.3) is 0 Å². The van der Waals surface area contributed by atoms with Crippen molar-refractivity contribution >= 4 is 17.5 Å². The normalized spacial score (nSPS) is 19.6. The maximum absolute atomic E-state index is 11.3. The van der Waals surface area contributed by atoms with Crippen LogP contribution in [0.3, 0.4) is 0 Å². The van der Waals surface area contributed by atoms with Gasteiger partial charge < -0.3 is 19.3 Å². The lowest BCUT2D eigenvalue weighted by atomic mass is 9.96. The van der Waals surface area contributed by atoms with Crippen molar-refractivity contribution in [1.82, 2.24) is 9.97 Å². The van der Waals surface area contributed by atoms with Crippen molar-refractivity contribution in [2.45, 2.75) is 51.6 Å². The van der Waals surface area contributed by atoms with Gasteiger partial charge in [-0.3, -0.25) is 0 Å². The number of nitrogens with zero attached hydrogens (tertiary/aromatic N) is 4. The third kappa shape index (κ3) is 5.29. The molecular weight excluding hydrogens is 376 g/mol. The third-order valence-corrected chi connectivity index (χ3v) is 6.01. The first kappa shape index (κ1) is 20.6.